The lowest BCUT2D eigenvalue weighted by molar-refractivity contribution is -0.136. The molecule has 1 aromatic heterocycles. The zero-order chi connectivity index (χ0) is 19.7. The number of para-hydroxylation sites is 1. The topological polar surface area (TPSA) is 70.5 Å². The molecule has 0 radical (unpaired) electrons. The van der Waals surface area contributed by atoms with Crippen LogP contribution in [0.1, 0.15) is 33.5 Å². The lowest BCUT2D eigenvalue weighted by Gasteiger charge is -2.23. The van der Waals surface area contributed by atoms with Crippen molar-refractivity contribution in [2.45, 2.75) is 25.5 Å². The van der Waals surface area contributed by atoms with Gasteiger partial charge in [-0.05, 0) is 30.7 Å². The average Bonchev–Trinajstić information content (AvgIpc) is 2.92. The first kappa shape index (κ1) is 18.1. The normalized spacial score (nSPS) is 18.2. The van der Waals surface area contributed by atoms with Crippen LogP contribution in [0.3, 0.4) is 0 Å². The summed E-state index contributed by atoms with van der Waals surface area (Å²) < 4.78 is 0. The Balaban J connectivity index is 1.68. The summed E-state index contributed by atoms with van der Waals surface area (Å²) in [7, 11) is 0. The fourth-order valence-corrected chi connectivity index (χ4v) is 3.58. The van der Waals surface area contributed by atoms with E-state index >= 15 is 0 Å². The molecule has 1 amide bonds. The maximum absolute atomic E-state index is 13.2. The van der Waals surface area contributed by atoms with Gasteiger partial charge >= 0.3 is 0 Å². The standard InChI is InChI=1S/C23H20N2O3/c1-16-6-8-17(9-7-16)15-25-20-5-3-2-4-19(20)23(28,22(25)27)14-21(26)18-10-12-24-13-11-18/h2-13,28H,14-15H2,1H3/t23-/m0/s1. The molecule has 1 atom stereocenters. The Morgan fingerprint density at radius 3 is 2.43 bits per heavy atom. The average molecular weight is 372 g/mol. The fraction of sp³-hybridized carbons (Fsp3) is 0.174. The van der Waals surface area contributed by atoms with Crippen molar-refractivity contribution in [1.29, 1.82) is 0 Å². The summed E-state index contributed by atoms with van der Waals surface area (Å²) in [6.45, 7) is 2.34. The molecule has 5 nitrogen and oxygen atoms in total. The predicted octanol–water partition coefficient (Wildman–Crippen LogP) is 3.40. The van der Waals surface area contributed by atoms with Gasteiger partial charge in [-0.1, -0.05) is 48.0 Å². The van der Waals surface area contributed by atoms with Crippen molar-refractivity contribution in [1.82, 2.24) is 4.98 Å². The molecule has 1 aliphatic heterocycles. The molecule has 140 valence electrons. The molecule has 0 bridgehead atoms. The minimum absolute atomic E-state index is 0.301. The number of amides is 1. The molecule has 0 spiro atoms. The molecule has 0 saturated carbocycles. The number of pyridine rings is 1. The van der Waals surface area contributed by atoms with E-state index < -0.39 is 11.5 Å². The molecule has 1 N–H and O–H groups in total. The Kier molecular flexibility index (Phi) is 4.53. The number of fused-ring (bicyclic) bond motifs is 1. The van der Waals surface area contributed by atoms with Gasteiger partial charge in [-0.15, -0.1) is 0 Å². The lowest BCUT2D eigenvalue weighted by Crippen LogP contribution is -2.41. The van der Waals surface area contributed by atoms with Gasteiger partial charge in [0.25, 0.3) is 5.91 Å². The first-order valence-electron chi connectivity index (χ1n) is 9.12. The van der Waals surface area contributed by atoms with Crippen molar-refractivity contribution < 1.29 is 14.7 Å². The molecule has 0 saturated heterocycles. The number of Topliss-reactive ketones (excluding diaryl/α,β-unsaturated/α-hetero) is 1. The van der Waals surface area contributed by atoms with E-state index in [0.29, 0.717) is 23.4 Å². The Hall–Kier alpha value is -3.31. The molecule has 4 rings (SSSR count). The first-order valence-corrected chi connectivity index (χ1v) is 9.12. The van der Waals surface area contributed by atoms with Crippen molar-refractivity contribution in [3.63, 3.8) is 0 Å². The van der Waals surface area contributed by atoms with Gasteiger partial charge in [0.2, 0.25) is 0 Å². The maximum atomic E-state index is 13.2. The highest BCUT2D eigenvalue weighted by Crippen LogP contribution is 2.43. The predicted molar refractivity (Wildman–Crippen MR) is 106 cm³/mol. The smallest absolute Gasteiger partial charge is 0.264 e. The third kappa shape index (κ3) is 3.10. The van der Waals surface area contributed by atoms with E-state index in [1.165, 1.54) is 12.4 Å². The molecule has 0 unspecified atom stereocenters. The van der Waals surface area contributed by atoms with Crippen molar-refractivity contribution in [3.8, 4) is 0 Å². The van der Waals surface area contributed by atoms with Gasteiger partial charge in [0.05, 0.1) is 18.7 Å². The van der Waals surface area contributed by atoms with E-state index in [1.807, 2.05) is 37.3 Å². The number of benzene rings is 2. The second kappa shape index (κ2) is 7.02. The number of aryl methyl sites for hydroxylation is 1. The number of aromatic nitrogens is 1. The summed E-state index contributed by atoms with van der Waals surface area (Å²) in [5, 5.41) is 11.3. The van der Waals surface area contributed by atoms with Gasteiger partial charge in [0.15, 0.2) is 11.4 Å². The second-order valence-electron chi connectivity index (χ2n) is 7.09. The molecule has 0 aliphatic carbocycles. The number of carbonyl (C=O) groups excluding carboxylic acids is 2. The summed E-state index contributed by atoms with van der Waals surface area (Å²) >= 11 is 0. The minimum Gasteiger partial charge on any atom is -0.375 e. The van der Waals surface area contributed by atoms with Gasteiger partial charge in [-0.25, -0.2) is 0 Å². The summed E-state index contributed by atoms with van der Waals surface area (Å²) in [6, 6.07) is 18.2. The van der Waals surface area contributed by atoms with Crippen LogP contribution >= 0.6 is 0 Å². The van der Waals surface area contributed by atoms with Gasteiger partial charge in [0, 0.05) is 23.5 Å². The van der Waals surface area contributed by atoms with Crippen molar-refractivity contribution in [2.75, 3.05) is 4.90 Å². The van der Waals surface area contributed by atoms with Crippen molar-refractivity contribution in [3.05, 3.63) is 95.3 Å². The molecule has 2 heterocycles. The third-order valence-corrected chi connectivity index (χ3v) is 5.12. The molecule has 0 fully saturated rings. The highest BCUT2D eigenvalue weighted by molar-refractivity contribution is 6.10. The van der Waals surface area contributed by atoms with Crippen LogP contribution in [0.2, 0.25) is 0 Å². The summed E-state index contributed by atoms with van der Waals surface area (Å²) in [6.07, 6.45) is 2.73. The fourth-order valence-electron chi connectivity index (χ4n) is 3.58. The van der Waals surface area contributed by atoms with Crippen LogP contribution < -0.4 is 4.90 Å². The largest absolute Gasteiger partial charge is 0.375 e. The minimum atomic E-state index is -1.87. The van der Waals surface area contributed by atoms with E-state index in [2.05, 4.69) is 4.98 Å². The van der Waals surface area contributed by atoms with Crippen LogP contribution in [-0.4, -0.2) is 21.8 Å². The number of hydrogen-bond donors (Lipinski definition) is 1. The van der Waals surface area contributed by atoms with Gasteiger partial charge in [-0.3, -0.25) is 14.6 Å². The van der Waals surface area contributed by atoms with Crippen molar-refractivity contribution in [2.24, 2.45) is 0 Å². The van der Waals surface area contributed by atoms with Crippen LogP contribution in [0, 0.1) is 6.92 Å². The Morgan fingerprint density at radius 1 is 1.04 bits per heavy atom. The summed E-state index contributed by atoms with van der Waals surface area (Å²) in [4.78, 5) is 31.4. The van der Waals surface area contributed by atoms with Crippen LogP contribution in [-0.2, 0) is 16.9 Å². The number of aliphatic hydroxyl groups is 1. The van der Waals surface area contributed by atoms with Gasteiger partial charge in [0.1, 0.15) is 0 Å². The van der Waals surface area contributed by atoms with Crippen LogP contribution in [0.5, 0.6) is 0 Å². The Labute approximate surface area is 163 Å². The Bertz CT molecular complexity index is 1030. The molecule has 2 aromatic carbocycles. The van der Waals surface area contributed by atoms with E-state index in [1.54, 1.807) is 35.2 Å². The monoisotopic (exact) mass is 372 g/mol. The van der Waals surface area contributed by atoms with E-state index in [-0.39, 0.29) is 12.2 Å². The molecule has 3 aromatic rings. The summed E-state index contributed by atoms with van der Waals surface area (Å²) in [5.41, 5.74) is 1.75. The quantitative estimate of drug-likeness (QED) is 0.697. The lowest BCUT2D eigenvalue weighted by atomic mass is 9.88. The number of hydrogen-bond acceptors (Lipinski definition) is 4. The molecule has 1 aliphatic rings. The second-order valence-corrected chi connectivity index (χ2v) is 7.09. The zero-order valence-corrected chi connectivity index (χ0v) is 15.5. The first-order chi connectivity index (χ1) is 13.5. The number of rotatable bonds is 5. The molecular formula is C23H20N2O3. The SMILES string of the molecule is Cc1ccc(CN2C(=O)[C@](O)(CC(=O)c3ccncc3)c3ccccc32)cc1. The number of ketones is 1. The molecular weight excluding hydrogens is 352 g/mol. The van der Waals surface area contributed by atoms with E-state index in [4.69, 9.17) is 0 Å². The zero-order valence-electron chi connectivity index (χ0n) is 15.5. The van der Waals surface area contributed by atoms with Gasteiger partial charge < -0.3 is 10.0 Å². The van der Waals surface area contributed by atoms with Crippen LogP contribution in [0.25, 0.3) is 0 Å². The highest BCUT2D eigenvalue weighted by Gasteiger charge is 2.50. The van der Waals surface area contributed by atoms with Gasteiger partial charge in [-0.2, -0.15) is 0 Å². The van der Waals surface area contributed by atoms with Crippen molar-refractivity contribution >= 4 is 17.4 Å². The van der Waals surface area contributed by atoms with E-state index in [9.17, 15) is 14.7 Å². The van der Waals surface area contributed by atoms with Crippen LogP contribution in [0.4, 0.5) is 5.69 Å². The highest BCUT2D eigenvalue weighted by atomic mass is 16.3. The third-order valence-electron chi connectivity index (χ3n) is 5.12. The summed E-state index contributed by atoms with van der Waals surface area (Å²) in [5.74, 6) is -0.776. The number of carbonyl (C=O) groups is 2. The molecule has 28 heavy (non-hydrogen) atoms. The Morgan fingerprint density at radius 2 is 1.71 bits per heavy atom. The van der Waals surface area contributed by atoms with Crippen LogP contribution in [0.15, 0.2) is 73.1 Å². The number of nitrogens with zero attached hydrogens (tertiary/aromatic N) is 2. The number of anilines is 1. The van der Waals surface area contributed by atoms with E-state index in [0.717, 1.165) is 11.1 Å². The molecule has 5 heteroatoms. The maximum Gasteiger partial charge on any atom is 0.264 e.